The fraction of sp³-hybridized carbons (Fsp3) is 0.0667. The first kappa shape index (κ1) is 12.3. The number of methoxy groups -OCH3 is 1. The molecule has 0 saturated carbocycles. The number of ether oxygens (including phenoxy) is 1. The highest BCUT2D eigenvalue weighted by Gasteiger charge is 2.10. The quantitative estimate of drug-likeness (QED) is 0.672. The molecule has 3 aromatic rings. The zero-order valence-corrected chi connectivity index (χ0v) is 10.7. The summed E-state index contributed by atoms with van der Waals surface area (Å²) < 4.78 is 19.5. The van der Waals surface area contributed by atoms with Gasteiger partial charge in [0.2, 0.25) is 0 Å². The van der Waals surface area contributed by atoms with E-state index in [4.69, 9.17) is 0 Å². The summed E-state index contributed by atoms with van der Waals surface area (Å²) >= 11 is 0. The van der Waals surface area contributed by atoms with E-state index in [2.05, 4.69) is 9.72 Å². The lowest BCUT2D eigenvalue weighted by Crippen LogP contribution is -2.00. The van der Waals surface area contributed by atoms with E-state index in [1.54, 1.807) is 36.7 Å². The van der Waals surface area contributed by atoms with Crippen LogP contribution in [0, 0.1) is 5.82 Å². The predicted molar refractivity (Wildman–Crippen MR) is 72.4 cm³/mol. The summed E-state index contributed by atoms with van der Waals surface area (Å²) in [6.07, 6.45) is 1.64. The average Bonchev–Trinajstić information content (AvgIpc) is 2.90. The van der Waals surface area contributed by atoms with Gasteiger partial charge in [0.05, 0.1) is 23.7 Å². The second-order valence-corrected chi connectivity index (χ2v) is 4.29. The monoisotopic (exact) mass is 270 g/mol. The first-order valence-electron chi connectivity index (χ1n) is 6.00. The Morgan fingerprint density at radius 3 is 2.65 bits per heavy atom. The van der Waals surface area contributed by atoms with E-state index in [1.165, 1.54) is 19.2 Å². The maximum Gasteiger partial charge on any atom is 0.337 e. The number of carbonyl (C=O) groups excluding carboxylic acids is 1. The number of rotatable bonds is 2. The summed E-state index contributed by atoms with van der Waals surface area (Å²) in [6.45, 7) is 0. The van der Waals surface area contributed by atoms with Crippen molar-refractivity contribution in [1.82, 2.24) is 9.55 Å². The molecule has 0 amide bonds. The summed E-state index contributed by atoms with van der Waals surface area (Å²) in [5.74, 6) is -0.686. The van der Waals surface area contributed by atoms with E-state index in [0.29, 0.717) is 11.1 Å². The maximum atomic E-state index is 12.9. The topological polar surface area (TPSA) is 44.1 Å². The summed E-state index contributed by atoms with van der Waals surface area (Å²) in [7, 11) is 1.34. The van der Waals surface area contributed by atoms with Crippen molar-refractivity contribution in [3.8, 4) is 5.69 Å². The zero-order chi connectivity index (χ0) is 14.1. The molecule has 4 nitrogen and oxygen atoms in total. The van der Waals surface area contributed by atoms with Crippen LogP contribution in [0.4, 0.5) is 4.39 Å². The minimum atomic E-state index is -0.400. The van der Waals surface area contributed by atoms with Crippen molar-refractivity contribution in [2.75, 3.05) is 7.11 Å². The Morgan fingerprint density at radius 2 is 1.95 bits per heavy atom. The smallest absolute Gasteiger partial charge is 0.337 e. The van der Waals surface area contributed by atoms with Gasteiger partial charge in [-0.15, -0.1) is 0 Å². The van der Waals surface area contributed by atoms with Crippen molar-refractivity contribution in [3.63, 3.8) is 0 Å². The highest BCUT2D eigenvalue weighted by Crippen LogP contribution is 2.20. The molecule has 3 rings (SSSR count). The van der Waals surface area contributed by atoms with Crippen molar-refractivity contribution >= 4 is 17.0 Å². The highest BCUT2D eigenvalue weighted by atomic mass is 19.1. The first-order chi connectivity index (χ1) is 9.69. The van der Waals surface area contributed by atoms with Gasteiger partial charge in [-0.05, 0) is 42.5 Å². The van der Waals surface area contributed by atoms with Crippen LogP contribution in [0.5, 0.6) is 0 Å². The first-order valence-corrected chi connectivity index (χ1v) is 6.00. The van der Waals surface area contributed by atoms with Crippen LogP contribution in [0.1, 0.15) is 10.4 Å². The molecule has 0 saturated heterocycles. The van der Waals surface area contributed by atoms with Crippen LogP contribution in [0.2, 0.25) is 0 Å². The molecular formula is C15H11FN2O2. The molecule has 0 aliphatic rings. The predicted octanol–water partition coefficient (Wildman–Crippen LogP) is 2.95. The third-order valence-electron chi connectivity index (χ3n) is 3.07. The third-order valence-corrected chi connectivity index (χ3v) is 3.07. The molecule has 0 fully saturated rings. The molecule has 20 heavy (non-hydrogen) atoms. The average molecular weight is 270 g/mol. The van der Waals surface area contributed by atoms with Crippen molar-refractivity contribution in [2.45, 2.75) is 0 Å². The molecule has 0 aliphatic heterocycles. The Morgan fingerprint density at radius 1 is 1.20 bits per heavy atom. The Hall–Kier alpha value is -2.69. The van der Waals surface area contributed by atoms with Gasteiger partial charge in [0, 0.05) is 5.69 Å². The van der Waals surface area contributed by atoms with Gasteiger partial charge < -0.3 is 4.74 Å². The minimum Gasteiger partial charge on any atom is -0.465 e. The summed E-state index contributed by atoms with van der Waals surface area (Å²) in [6, 6.07) is 11.3. The van der Waals surface area contributed by atoms with Gasteiger partial charge in [-0.2, -0.15) is 0 Å². The second kappa shape index (κ2) is 4.77. The van der Waals surface area contributed by atoms with Gasteiger partial charge >= 0.3 is 5.97 Å². The lowest BCUT2D eigenvalue weighted by molar-refractivity contribution is 0.0601. The lowest BCUT2D eigenvalue weighted by Gasteiger charge is -2.04. The van der Waals surface area contributed by atoms with Gasteiger partial charge in [-0.25, -0.2) is 14.2 Å². The number of carbonyl (C=O) groups is 1. The Bertz CT molecular complexity index is 778. The van der Waals surface area contributed by atoms with Crippen LogP contribution >= 0.6 is 0 Å². The second-order valence-electron chi connectivity index (χ2n) is 4.29. The van der Waals surface area contributed by atoms with Crippen LogP contribution in [-0.2, 0) is 4.74 Å². The van der Waals surface area contributed by atoms with Crippen molar-refractivity contribution in [1.29, 1.82) is 0 Å². The summed E-state index contributed by atoms with van der Waals surface area (Å²) in [5, 5.41) is 0. The molecule has 0 N–H and O–H groups in total. The largest absolute Gasteiger partial charge is 0.465 e. The molecule has 1 aromatic heterocycles. The number of esters is 1. The van der Waals surface area contributed by atoms with Gasteiger partial charge in [0.25, 0.3) is 0 Å². The van der Waals surface area contributed by atoms with Crippen LogP contribution in [0.25, 0.3) is 16.7 Å². The van der Waals surface area contributed by atoms with Gasteiger partial charge in [-0.3, -0.25) is 4.57 Å². The Labute approximate surface area is 114 Å². The van der Waals surface area contributed by atoms with Crippen molar-refractivity contribution in [3.05, 3.63) is 60.2 Å². The number of halogens is 1. The Balaban J connectivity index is 2.10. The van der Waals surface area contributed by atoms with Gasteiger partial charge in [0.15, 0.2) is 0 Å². The summed E-state index contributed by atoms with van der Waals surface area (Å²) in [4.78, 5) is 15.7. The number of hydrogen-bond donors (Lipinski definition) is 0. The van der Waals surface area contributed by atoms with Gasteiger partial charge in [0.1, 0.15) is 12.1 Å². The number of aromatic nitrogens is 2. The normalized spacial score (nSPS) is 10.7. The fourth-order valence-electron chi connectivity index (χ4n) is 2.06. The SMILES string of the molecule is COC(=O)c1ccc2c(c1)ncn2-c1ccc(F)cc1. The van der Waals surface area contributed by atoms with E-state index in [0.717, 1.165) is 11.2 Å². The van der Waals surface area contributed by atoms with Crippen LogP contribution in [0.3, 0.4) is 0 Å². The molecule has 5 heteroatoms. The highest BCUT2D eigenvalue weighted by molar-refractivity contribution is 5.93. The van der Waals surface area contributed by atoms with Crippen LogP contribution in [-0.4, -0.2) is 22.6 Å². The standard InChI is InChI=1S/C15H11FN2O2/c1-20-15(19)10-2-7-14-13(8-10)17-9-18(14)12-5-3-11(16)4-6-12/h2-9H,1H3. The van der Waals surface area contributed by atoms with Crippen LogP contribution < -0.4 is 0 Å². The third kappa shape index (κ3) is 2.03. The lowest BCUT2D eigenvalue weighted by atomic mass is 10.2. The van der Waals surface area contributed by atoms with Crippen LogP contribution in [0.15, 0.2) is 48.8 Å². The molecule has 100 valence electrons. The molecule has 0 unspecified atom stereocenters. The number of fused-ring (bicyclic) bond motifs is 1. The van der Waals surface area contributed by atoms with Gasteiger partial charge in [-0.1, -0.05) is 0 Å². The molecule has 0 radical (unpaired) electrons. The van der Waals surface area contributed by atoms with Crippen molar-refractivity contribution in [2.24, 2.45) is 0 Å². The van der Waals surface area contributed by atoms with E-state index in [1.807, 2.05) is 4.57 Å². The van der Waals surface area contributed by atoms with Crippen molar-refractivity contribution < 1.29 is 13.9 Å². The van der Waals surface area contributed by atoms with E-state index in [9.17, 15) is 9.18 Å². The van der Waals surface area contributed by atoms with E-state index < -0.39 is 5.97 Å². The molecule has 0 aliphatic carbocycles. The number of hydrogen-bond acceptors (Lipinski definition) is 3. The molecule has 2 aromatic carbocycles. The maximum absolute atomic E-state index is 12.9. The number of benzene rings is 2. The minimum absolute atomic E-state index is 0.286. The fourth-order valence-corrected chi connectivity index (χ4v) is 2.06. The van der Waals surface area contributed by atoms with E-state index >= 15 is 0 Å². The molecule has 0 spiro atoms. The summed E-state index contributed by atoms with van der Waals surface area (Å²) in [5.41, 5.74) is 2.77. The Kier molecular flexibility index (Phi) is 2.95. The molecule has 0 atom stereocenters. The number of nitrogens with zero attached hydrogens (tertiary/aromatic N) is 2. The zero-order valence-electron chi connectivity index (χ0n) is 10.7. The molecule has 1 heterocycles. The molecular weight excluding hydrogens is 259 g/mol. The number of imidazole rings is 1. The van der Waals surface area contributed by atoms with E-state index in [-0.39, 0.29) is 5.82 Å². The molecule has 0 bridgehead atoms.